The highest BCUT2D eigenvalue weighted by atomic mass is 16.5. The second-order valence-electron chi connectivity index (χ2n) is 2.90. The number of hydrogen-bond donors (Lipinski definition) is 0. The van der Waals surface area contributed by atoms with Gasteiger partial charge < -0.3 is 9.47 Å². The van der Waals surface area contributed by atoms with Crippen LogP contribution in [0.25, 0.3) is 0 Å². The number of benzene rings is 1. The molecule has 0 aliphatic carbocycles. The number of carbonyl (C=O) groups is 1. The molecule has 1 aromatic rings. The van der Waals surface area contributed by atoms with Gasteiger partial charge in [0.05, 0.1) is 12.7 Å². The summed E-state index contributed by atoms with van der Waals surface area (Å²) < 4.78 is 9.95. The zero-order valence-corrected chi connectivity index (χ0v) is 8.97. The number of methoxy groups -OCH3 is 1. The van der Waals surface area contributed by atoms with E-state index in [1.165, 1.54) is 6.08 Å². The van der Waals surface area contributed by atoms with Gasteiger partial charge in [-0.2, -0.15) is 0 Å². The lowest BCUT2D eigenvalue weighted by atomic mass is 10.2. The van der Waals surface area contributed by atoms with Gasteiger partial charge in [-0.15, -0.1) is 6.42 Å². The summed E-state index contributed by atoms with van der Waals surface area (Å²) in [7, 11) is 1.54. The summed E-state index contributed by atoms with van der Waals surface area (Å²) in [6.07, 6.45) is 8.08. The lowest BCUT2D eigenvalue weighted by Crippen LogP contribution is -2.05. The molecular formula is C13H12O3. The fourth-order valence-corrected chi connectivity index (χ4v) is 1.07. The Bertz CT molecular complexity index is 427. The molecule has 0 atom stereocenters. The molecule has 0 N–H and O–H groups in total. The van der Waals surface area contributed by atoms with Crippen molar-refractivity contribution in [3.8, 4) is 18.1 Å². The van der Waals surface area contributed by atoms with Crippen molar-refractivity contribution in [1.29, 1.82) is 0 Å². The first kappa shape index (κ1) is 11.9. The molecule has 82 valence electrons. The van der Waals surface area contributed by atoms with E-state index in [1.807, 2.05) is 0 Å². The van der Waals surface area contributed by atoms with Gasteiger partial charge >= 0.3 is 5.97 Å². The average Bonchev–Trinajstić information content (AvgIpc) is 2.34. The first-order valence-corrected chi connectivity index (χ1v) is 4.70. The maximum Gasteiger partial charge on any atom is 0.338 e. The molecule has 1 rings (SSSR count). The van der Waals surface area contributed by atoms with Crippen molar-refractivity contribution in [3.63, 3.8) is 0 Å². The van der Waals surface area contributed by atoms with Crippen LogP contribution >= 0.6 is 0 Å². The van der Waals surface area contributed by atoms with Gasteiger partial charge in [-0.3, -0.25) is 0 Å². The molecule has 0 bridgehead atoms. The lowest BCUT2D eigenvalue weighted by Gasteiger charge is -2.03. The van der Waals surface area contributed by atoms with Gasteiger partial charge in [0.25, 0.3) is 0 Å². The Hall–Kier alpha value is -2.21. The fraction of sp³-hybridized carbons (Fsp3) is 0.154. The number of ether oxygens (including phenoxy) is 2. The Morgan fingerprint density at radius 3 is 3.06 bits per heavy atom. The van der Waals surface area contributed by atoms with Crippen LogP contribution < -0.4 is 4.74 Å². The molecule has 3 nitrogen and oxygen atoms in total. The van der Waals surface area contributed by atoms with E-state index < -0.39 is 5.97 Å². The Morgan fingerprint density at radius 2 is 2.38 bits per heavy atom. The summed E-state index contributed by atoms with van der Waals surface area (Å²) in [4.78, 5) is 11.5. The van der Waals surface area contributed by atoms with E-state index in [-0.39, 0.29) is 6.61 Å². The maximum absolute atomic E-state index is 11.5. The highest BCUT2D eigenvalue weighted by Crippen LogP contribution is 2.13. The van der Waals surface area contributed by atoms with E-state index in [4.69, 9.17) is 15.9 Å². The predicted octanol–water partition coefficient (Wildman–Crippen LogP) is 2.04. The Balaban J connectivity index is 2.59. The minimum Gasteiger partial charge on any atom is -0.497 e. The molecule has 0 fully saturated rings. The number of esters is 1. The van der Waals surface area contributed by atoms with Crippen LogP contribution in [0.5, 0.6) is 5.75 Å². The maximum atomic E-state index is 11.5. The summed E-state index contributed by atoms with van der Waals surface area (Å²) in [5.74, 6) is 2.52. The van der Waals surface area contributed by atoms with Crippen molar-refractivity contribution in [2.24, 2.45) is 0 Å². The zero-order valence-electron chi connectivity index (χ0n) is 8.97. The molecular weight excluding hydrogens is 204 g/mol. The summed E-state index contributed by atoms with van der Waals surface area (Å²) in [6, 6.07) is 6.77. The van der Waals surface area contributed by atoms with Gasteiger partial charge in [0.1, 0.15) is 12.4 Å². The molecule has 0 aliphatic rings. The van der Waals surface area contributed by atoms with E-state index in [2.05, 4.69) is 5.92 Å². The molecule has 0 radical (unpaired) electrons. The van der Waals surface area contributed by atoms with Crippen LogP contribution in [-0.2, 0) is 4.74 Å². The topological polar surface area (TPSA) is 35.5 Å². The Kier molecular flexibility index (Phi) is 4.68. The molecule has 0 spiro atoms. The molecule has 0 unspecified atom stereocenters. The second-order valence-corrected chi connectivity index (χ2v) is 2.90. The van der Waals surface area contributed by atoms with Crippen molar-refractivity contribution in [2.75, 3.05) is 13.7 Å². The number of rotatable bonds is 4. The first-order valence-electron chi connectivity index (χ1n) is 4.70. The quantitative estimate of drug-likeness (QED) is 0.570. The molecule has 0 saturated carbocycles. The number of carbonyl (C=O) groups excluding carboxylic acids is 1. The van der Waals surface area contributed by atoms with Crippen LogP contribution in [0.15, 0.2) is 36.4 Å². The van der Waals surface area contributed by atoms with Crippen LogP contribution in [0.1, 0.15) is 10.4 Å². The molecule has 0 aromatic heterocycles. The average molecular weight is 216 g/mol. The minimum absolute atomic E-state index is 0.167. The minimum atomic E-state index is -0.402. The smallest absolute Gasteiger partial charge is 0.338 e. The van der Waals surface area contributed by atoms with E-state index in [9.17, 15) is 4.79 Å². The molecule has 0 saturated heterocycles. The monoisotopic (exact) mass is 216 g/mol. The highest BCUT2D eigenvalue weighted by molar-refractivity contribution is 5.89. The van der Waals surface area contributed by atoms with Crippen LogP contribution in [-0.4, -0.2) is 19.7 Å². The molecule has 1 aromatic carbocycles. The fourth-order valence-electron chi connectivity index (χ4n) is 1.07. The molecule has 3 heteroatoms. The zero-order chi connectivity index (χ0) is 11.8. The summed E-state index contributed by atoms with van der Waals surface area (Å²) in [5.41, 5.74) is 0.452. The van der Waals surface area contributed by atoms with Crippen LogP contribution in [0.4, 0.5) is 0 Å². The van der Waals surface area contributed by atoms with Crippen molar-refractivity contribution >= 4 is 5.97 Å². The Morgan fingerprint density at radius 1 is 1.56 bits per heavy atom. The third-order valence-electron chi connectivity index (χ3n) is 1.83. The second kappa shape index (κ2) is 6.31. The van der Waals surface area contributed by atoms with Gasteiger partial charge in [0.15, 0.2) is 0 Å². The normalized spacial score (nSPS) is 9.75. The van der Waals surface area contributed by atoms with Gasteiger partial charge in [0, 0.05) is 0 Å². The van der Waals surface area contributed by atoms with E-state index >= 15 is 0 Å². The van der Waals surface area contributed by atoms with E-state index in [0.29, 0.717) is 11.3 Å². The van der Waals surface area contributed by atoms with Gasteiger partial charge in [0.2, 0.25) is 0 Å². The summed E-state index contributed by atoms with van der Waals surface area (Å²) in [6.45, 7) is 0.167. The summed E-state index contributed by atoms with van der Waals surface area (Å²) in [5, 5.41) is 0. The number of allylic oxidation sites excluding steroid dienone is 1. The lowest BCUT2D eigenvalue weighted by molar-refractivity contribution is 0.0549. The highest BCUT2D eigenvalue weighted by Gasteiger charge is 2.06. The van der Waals surface area contributed by atoms with Crippen molar-refractivity contribution < 1.29 is 14.3 Å². The van der Waals surface area contributed by atoms with Crippen LogP contribution in [0.2, 0.25) is 0 Å². The molecule has 0 heterocycles. The van der Waals surface area contributed by atoms with Gasteiger partial charge in [-0.1, -0.05) is 12.0 Å². The standard InChI is InChI=1S/C13H12O3/c1-3-4-5-9-16-13(14)11-7-6-8-12(10-11)15-2/h1,4-8,10H,9H2,2H3/b5-4+. The van der Waals surface area contributed by atoms with Crippen LogP contribution in [0, 0.1) is 12.3 Å². The van der Waals surface area contributed by atoms with Gasteiger partial charge in [-0.05, 0) is 30.4 Å². The van der Waals surface area contributed by atoms with Gasteiger partial charge in [-0.25, -0.2) is 4.79 Å². The van der Waals surface area contributed by atoms with Crippen molar-refractivity contribution in [3.05, 3.63) is 42.0 Å². The molecule has 16 heavy (non-hydrogen) atoms. The van der Waals surface area contributed by atoms with E-state index in [0.717, 1.165) is 0 Å². The third-order valence-corrected chi connectivity index (χ3v) is 1.83. The van der Waals surface area contributed by atoms with E-state index in [1.54, 1.807) is 37.5 Å². The van der Waals surface area contributed by atoms with Crippen LogP contribution in [0.3, 0.4) is 0 Å². The Labute approximate surface area is 94.7 Å². The summed E-state index contributed by atoms with van der Waals surface area (Å²) >= 11 is 0. The molecule has 0 amide bonds. The van der Waals surface area contributed by atoms with Crippen molar-refractivity contribution in [1.82, 2.24) is 0 Å². The molecule has 0 aliphatic heterocycles. The third kappa shape index (κ3) is 3.50. The largest absolute Gasteiger partial charge is 0.497 e. The van der Waals surface area contributed by atoms with Crippen molar-refractivity contribution in [2.45, 2.75) is 0 Å². The first-order chi connectivity index (χ1) is 7.77. The SMILES string of the molecule is C#C/C=C/COC(=O)c1cccc(OC)c1. The predicted molar refractivity (Wildman–Crippen MR) is 61.2 cm³/mol. The number of hydrogen-bond acceptors (Lipinski definition) is 3. The number of terminal acetylenes is 1.